The highest BCUT2D eigenvalue weighted by molar-refractivity contribution is 6.15. The van der Waals surface area contributed by atoms with Crippen LogP contribution in [-0.2, 0) is 26.3 Å². The van der Waals surface area contributed by atoms with Gasteiger partial charge in [0.2, 0.25) is 17.7 Å². The van der Waals surface area contributed by atoms with Crippen molar-refractivity contribution >= 4 is 23.4 Å². The third-order valence-electron chi connectivity index (χ3n) is 7.43. The Morgan fingerprint density at radius 1 is 1.06 bits per heavy atom. The summed E-state index contributed by atoms with van der Waals surface area (Å²) in [6.07, 6.45) is -0.366. The average molecular weight is 434 g/mol. The van der Waals surface area contributed by atoms with E-state index in [1.54, 1.807) is 6.92 Å². The molecule has 0 bridgehead atoms. The van der Waals surface area contributed by atoms with Crippen molar-refractivity contribution in [3.05, 3.63) is 64.7 Å². The summed E-state index contributed by atoms with van der Waals surface area (Å²) in [7, 11) is 0. The third kappa shape index (κ3) is 2.71. The van der Waals surface area contributed by atoms with E-state index in [4.69, 9.17) is 0 Å². The molecule has 0 saturated carbocycles. The second-order valence-corrected chi connectivity index (χ2v) is 9.17. The largest absolute Gasteiger partial charge is 0.392 e. The first-order valence-corrected chi connectivity index (χ1v) is 11.0. The van der Waals surface area contributed by atoms with Crippen molar-refractivity contribution in [2.75, 3.05) is 11.9 Å². The number of hydrogen-bond donors (Lipinski definition) is 3. The number of aliphatic hydroxyl groups is 1. The van der Waals surface area contributed by atoms with Gasteiger partial charge in [0, 0.05) is 23.8 Å². The molecule has 3 amide bonds. The number of hydrogen-bond acceptors (Lipinski definition) is 5. The number of aliphatic hydroxyl groups excluding tert-OH is 1. The van der Waals surface area contributed by atoms with Gasteiger partial charge in [-0.05, 0) is 43.9 Å². The molecule has 2 aromatic carbocycles. The Morgan fingerprint density at radius 2 is 1.78 bits per heavy atom. The number of carbonyl (C=O) groups excluding carboxylic acids is 3. The summed E-state index contributed by atoms with van der Waals surface area (Å²) in [6, 6.07) is 12.8. The van der Waals surface area contributed by atoms with Gasteiger partial charge in [0.05, 0.1) is 17.9 Å². The van der Waals surface area contributed by atoms with E-state index >= 15 is 0 Å². The molecule has 0 radical (unpaired) electrons. The van der Waals surface area contributed by atoms with Crippen LogP contribution in [0.2, 0.25) is 0 Å². The number of imide groups is 1. The number of carbonyl (C=O) groups is 3. The maximum atomic E-state index is 13.7. The van der Waals surface area contributed by atoms with Gasteiger partial charge < -0.3 is 10.4 Å². The van der Waals surface area contributed by atoms with Crippen LogP contribution in [0.1, 0.15) is 29.2 Å². The van der Waals surface area contributed by atoms with E-state index in [0.29, 0.717) is 17.7 Å². The zero-order valence-corrected chi connectivity index (χ0v) is 18.4. The molecule has 3 heterocycles. The monoisotopic (exact) mass is 433 g/mol. The summed E-state index contributed by atoms with van der Waals surface area (Å²) in [5.74, 6) is -2.71. The summed E-state index contributed by atoms with van der Waals surface area (Å²) < 4.78 is 0. The summed E-state index contributed by atoms with van der Waals surface area (Å²) >= 11 is 0. The first kappa shape index (κ1) is 20.8. The van der Waals surface area contributed by atoms with E-state index in [9.17, 15) is 19.5 Å². The Labute approximate surface area is 186 Å². The van der Waals surface area contributed by atoms with Crippen LogP contribution in [0.3, 0.4) is 0 Å². The summed E-state index contributed by atoms with van der Waals surface area (Å²) in [6.45, 7) is 5.73. The van der Waals surface area contributed by atoms with Crippen molar-refractivity contribution in [1.29, 1.82) is 0 Å². The van der Waals surface area contributed by atoms with Crippen LogP contribution in [0.15, 0.2) is 42.5 Å². The van der Waals surface area contributed by atoms with Crippen LogP contribution in [0.5, 0.6) is 0 Å². The van der Waals surface area contributed by atoms with Gasteiger partial charge >= 0.3 is 0 Å². The molecular formula is C25H27N3O4. The van der Waals surface area contributed by atoms with Crippen molar-refractivity contribution < 1.29 is 19.5 Å². The molecule has 166 valence electrons. The van der Waals surface area contributed by atoms with Crippen LogP contribution in [0.25, 0.3) is 0 Å². The fourth-order valence-corrected chi connectivity index (χ4v) is 5.63. The molecule has 0 aliphatic carbocycles. The molecule has 3 N–H and O–H groups in total. The zero-order chi connectivity index (χ0) is 22.8. The van der Waals surface area contributed by atoms with Gasteiger partial charge in [-0.15, -0.1) is 0 Å². The van der Waals surface area contributed by atoms with Crippen molar-refractivity contribution in [2.24, 2.45) is 11.8 Å². The molecule has 7 heteroatoms. The molecule has 2 aromatic rings. The molecular weight excluding hydrogens is 406 g/mol. The van der Waals surface area contributed by atoms with Gasteiger partial charge in [-0.3, -0.25) is 24.6 Å². The maximum Gasteiger partial charge on any atom is 0.250 e. The number of anilines is 1. The minimum Gasteiger partial charge on any atom is -0.392 e. The molecule has 5 rings (SSSR count). The van der Waals surface area contributed by atoms with Crippen LogP contribution >= 0.6 is 0 Å². The lowest BCUT2D eigenvalue weighted by Crippen LogP contribution is -2.55. The lowest BCUT2D eigenvalue weighted by Gasteiger charge is -2.30. The molecule has 5 atom stereocenters. The predicted molar refractivity (Wildman–Crippen MR) is 119 cm³/mol. The average Bonchev–Trinajstić information content (AvgIpc) is 3.36. The quantitative estimate of drug-likeness (QED) is 0.637. The Kier molecular flexibility index (Phi) is 4.72. The van der Waals surface area contributed by atoms with Crippen molar-refractivity contribution in [1.82, 2.24) is 10.2 Å². The molecule has 0 aromatic heterocycles. The van der Waals surface area contributed by atoms with Gasteiger partial charge in [-0.25, -0.2) is 0 Å². The van der Waals surface area contributed by atoms with Crippen LogP contribution in [-0.4, -0.2) is 46.4 Å². The number of amides is 3. The Morgan fingerprint density at radius 3 is 2.47 bits per heavy atom. The van der Waals surface area contributed by atoms with E-state index in [0.717, 1.165) is 16.7 Å². The molecule has 2 saturated heterocycles. The van der Waals surface area contributed by atoms with Crippen molar-refractivity contribution in [3.8, 4) is 0 Å². The van der Waals surface area contributed by atoms with Crippen LogP contribution in [0, 0.1) is 25.7 Å². The smallest absolute Gasteiger partial charge is 0.250 e. The normalized spacial score (nSPS) is 29.4. The van der Waals surface area contributed by atoms with Gasteiger partial charge in [-0.2, -0.15) is 0 Å². The topological polar surface area (TPSA) is 98.7 Å². The van der Waals surface area contributed by atoms with Gasteiger partial charge in [0.15, 0.2) is 0 Å². The molecule has 7 nitrogen and oxygen atoms in total. The van der Waals surface area contributed by atoms with E-state index in [1.807, 2.05) is 56.3 Å². The summed E-state index contributed by atoms with van der Waals surface area (Å²) in [5.41, 5.74) is 2.99. The van der Waals surface area contributed by atoms with Gasteiger partial charge in [0.1, 0.15) is 5.54 Å². The van der Waals surface area contributed by atoms with E-state index in [1.165, 1.54) is 4.90 Å². The number of aryl methyl sites for hydroxylation is 1. The standard InChI is InChI=1S/C25H27N3O4/c1-13-9-10-17-20(14(13)2)26-24(32)25(17)19-18(21(27-25)15(3)29)22(30)28(23(19)31)12-11-16-7-5-4-6-8-16/h4-10,15,18-19,21,27,29H,11-12H2,1-3H3,(H,26,32)/t15?,18-,19-,21?,25?/m0/s1. The second kappa shape index (κ2) is 7.25. The number of nitrogens with one attached hydrogen (secondary N) is 2. The molecule has 3 unspecified atom stereocenters. The lowest BCUT2D eigenvalue weighted by molar-refractivity contribution is -0.143. The maximum absolute atomic E-state index is 13.7. The minimum atomic E-state index is -1.37. The predicted octanol–water partition coefficient (Wildman–Crippen LogP) is 1.65. The Balaban J connectivity index is 1.57. The van der Waals surface area contributed by atoms with Gasteiger partial charge in [-0.1, -0.05) is 42.5 Å². The number of nitrogens with zero attached hydrogens (tertiary/aromatic N) is 1. The fraction of sp³-hybridized carbons (Fsp3) is 0.400. The van der Waals surface area contributed by atoms with Crippen molar-refractivity contribution in [2.45, 2.75) is 44.9 Å². The highest BCUT2D eigenvalue weighted by Gasteiger charge is 2.71. The van der Waals surface area contributed by atoms with Crippen molar-refractivity contribution in [3.63, 3.8) is 0 Å². The van der Waals surface area contributed by atoms with E-state index in [2.05, 4.69) is 10.6 Å². The number of likely N-dealkylation sites (tertiary alicyclic amines) is 1. The fourth-order valence-electron chi connectivity index (χ4n) is 5.63. The highest BCUT2D eigenvalue weighted by Crippen LogP contribution is 2.54. The lowest BCUT2D eigenvalue weighted by atomic mass is 9.76. The highest BCUT2D eigenvalue weighted by atomic mass is 16.3. The summed E-state index contributed by atoms with van der Waals surface area (Å²) in [5, 5.41) is 16.7. The Bertz CT molecular complexity index is 1130. The minimum absolute atomic E-state index is 0.249. The first-order valence-electron chi connectivity index (χ1n) is 11.0. The number of benzene rings is 2. The van der Waals surface area contributed by atoms with Crippen LogP contribution < -0.4 is 10.6 Å². The number of fused-ring (bicyclic) bond motifs is 4. The molecule has 32 heavy (non-hydrogen) atoms. The third-order valence-corrected chi connectivity index (χ3v) is 7.43. The van der Waals surface area contributed by atoms with E-state index in [-0.39, 0.29) is 24.3 Å². The SMILES string of the molecule is Cc1ccc2c(c1C)NC(=O)C21NC(C(C)O)[C@H]2C(=O)N(CCc3ccccc3)C(=O)[C@H]21. The van der Waals surface area contributed by atoms with E-state index < -0.39 is 29.5 Å². The second-order valence-electron chi connectivity index (χ2n) is 9.17. The summed E-state index contributed by atoms with van der Waals surface area (Å²) in [4.78, 5) is 41.8. The molecule has 2 fully saturated rings. The molecule has 1 spiro atoms. The first-order chi connectivity index (χ1) is 15.3. The zero-order valence-electron chi connectivity index (χ0n) is 18.4. The number of rotatable bonds is 4. The molecule has 3 aliphatic rings. The van der Waals surface area contributed by atoms with Gasteiger partial charge in [0.25, 0.3) is 0 Å². The molecule has 3 aliphatic heterocycles. The Hall–Kier alpha value is -3.03. The van der Waals surface area contributed by atoms with Crippen LogP contribution in [0.4, 0.5) is 5.69 Å².